The Morgan fingerprint density at radius 3 is 2.87 bits per heavy atom. The highest BCUT2D eigenvalue weighted by atomic mass is 16.5. The molecule has 0 aromatic carbocycles. The summed E-state index contributed by atoms with van der Waals surface area (Å²) in [6.07, 6.45) is 1.37. The summed E-state index contributed by atoms with van der Waals surface area (Å²) < 4.78 is 4.84. The fraction of sp³-hybridized carbons (Fsp3) is 0.667. The van der Waals surface area contributed by atoms with Gasteiger partial charge in [-0.1, -0.05) is 0 Å². The van der Waals surface area contributed by atoms with Crippen LogP contribution in [-0.4, -0.2) is 51.9 Å². The molecule has 0 fully saturated rings. The van der Waals surface area contributed by atoms with Gasteiger partial charge in [0.25, 0.3) is 5.91 Å². The maximum absolute atomic E-state index is 11.0. The van der Waals surface area contributed by atoms with Gasteiger partial charge in [-0.25, -0.2) is 4.99 Å². The van der Waals surface area contributed by atoms with E-state index in [4.69, 9.17) is 4.74 Å². The number of hydrogen-bond donors (Lipinski definition) is 2. The second-order valence-electron chi connectivity index (χ2n) is 2.74. The van der Waals surface area contributed by atoms with E-state index in [0.717, 1.165) is 6.54 Å². The van der Waals surface area contributed by atoms with Crippen LogP contribution in [-0.2, 0) is 9.53 Å². The summed E-state index contributed by atoms with van der Waals surface area (Å²) >= 11 is 0. The minimum Gasteiger partial charge on any atom is -0.383 e. The number of methoxy groups -OCH3 is 1. The summed E-state index contributed by atoms with van der Waals surface area (Å²) in [7, 11) is 3.20. The summed E-state index contributed by atoms with van der Waals surface area (Å²) in [4.78, 5) is 18.8. The number of carbonyl (C=O) groups is 1. The lowest BCUT2D eigenvalue weighted by molar-refractivity contribution is -0.114. The lowest BCUT2D eigenvalue weighted by Gasteiger charge is -1.98. The molecule has 0 saturated heterocycles. The van der Waals surface area contributed by atoms with Crippen LogP contribution >= 0.6 is 0 Å². The van der Waals surface area contributed by atoms with Crippen LogP contribution in [0.25, 0.3) is 0 Å². The summed E-state index contributed by atoms with van der Waals surface area (Å²) in [6, 6.07) is 0. The Bertz CT molecular complexity index is 238. The minimum absolute atomic E-state index is 0.200. The van der Waals surface area contributed by atoms with Crippen LogP contribution in [0.15, 0.2) is 9.98 Å². The number of carbonyl (C=O) groups excluding carboxylic acids is 1. The zero-order valence-corrected chi connectivity index (χ0v) is 9.41. The van der Waals surface area contributed by atoms with Crippen molar-refractivity contribution in [3.05, 3.63) is 0 Å². The predicted octanol–water partition coefficient (Wildman–Crippen LogP) is -0.585. The molecule has 0 aliphatic heterocycles. The number of amides is 1. The van der Waals surface area contributed by atoms with Gasteiger partial charge in [0, 0.05) is 20.7 Å². The third-order valence-electron chi connectivity index (χ3n) is 1.57. The van der Waals surface area contributed by atoms with E-state index in [1.54, 1.807) is 21.1 Å². The van der Waals surface area contributed by atoms with Gasteiger partial charge in [-0.2, -0.15) is 0 Å². The molecule has 0 aliphatic rings. The molecule has 15 heavy (non-hydrogen) atoms. The average molecular weight is 214 g/mol. The molecule has 0 spiro atoms. The SMILES string of the molecule is CNC(=O)/C(C)=N/C=N\CNCCOC. The van der Waals surface area contributed by atoms with Crippen LogP contribution in [0.1, 0.15) is 6.92 Å². The number of hydrogen-bond acceptors (Lipinski definition) is 4. The maximum Gasteiger partial charge on any atom is 0.265 e. The van der Waals surface area contributed by atoms with Crippen molar-refractivity contribution in [1.82, 2.24) is 10.6 Å². The fourth-order valence-corrected chi connectivity index (χ4v) is 0.726. The van der Waals surface area contributed by atoms with Gasteiger partial charge >= 0.3 is 0 Å². The highest BCUT2D eigenvalue weighted by Gasteiger charge is 1.99. The molecule has 0 heterocycles. The molecule has 2 N–H and O–H groups in total. The van der Waals surface area contributed by atoms with Crippen molar-refractivity contribution < 1.29 is 9.53 Å². The van der Waals surface area contributed by atoms with Crippen LogP contribution in [0.2, 0.25) is 0 Å². The smallest absolute Gasteiger partial charge is 0.265 e. The molecule has 6 nitrogen and oxygen atoms in total. The number of aliphatic imine (C=N–C) groups is 2. The van der Waals surface area contributed by atoms with Crippen molar-refractivity contribution in [1.29, 1.82) is 0 Å². The van der Waals surface area contributed by atoms with Crippen molar-refractivity contribution in [3.8, 4) is 0 Å². The summed E-state index contributed by atoms with van der Waals surface area (Å²) in [5.74, 6) is -0.200. The van der Waals surface area contributed by atoms with Gasteiger partial charge in [0.15, 0.2) is 0 Å². The number of nitrogens with one attached hydrogen (secondary N) is 2. The van der Waals surface area contributed by atoms with Crippen LogP contribution < -0.4 is 10.6 Å². The highest BCUT2D eigenvalue weighted by molar-refractivity contribution is 6.38. The van der Waals surface area contributed by atoms with E-state index in [1.807, 2.05) is 0 Å². The van der Waals surface area contributed by atoms with Crippen LogP contribution in [0, 0.1) is 0 Å². The second-order valence-corrected chi connectivity index (χ2v) is 2.74. The largest absolute Gasteiger partial charge is 0.383 e. The molecule has 86 valence electrons. The first-order chi connectivity index (χ1) is 7.22. The lowest BCUT2D eigenvalue weighted by atomic mass is 10.4. The first-order valence-electron chi connectivity index (χ1n) is 4.66. The maximum atomic E-state index is 11.0. The molecule has 6 heteroatoms. The first-order valence-corrected chi connectivity index (χ1v) is 4.66. The van der Waals surface area contributed by atoms with E-state index >= 15 is 0 Å². The topological polar surface area (TPSA) is 75.1 Å². The van der Waals surface area contributed by atoms with Crippen molar-refractivity contribution in [2.45, 2.75) is 6.92 Å². The molecule has 0 saturated carbocycles. The molecule has 0 atom stereocenters. The molecule has 0 rings (SSSR count). The normalized spacial score (nSPS) is 12.1. The molecule has 0 aromatic heterocycles. The third kappa shape index (κ3) is 7.77. The van der Waals surface area contributed by atoms with Gasteiger partial charge in [0.2, 0.25) is 0 Å². The molecule has 0 aliphatic carbocycles. The zero-order valence-electron chi connectivity index (χ0n) is 9.41. The number of nitrogens with zero attached hydrogens (tertiary/aromatic N) is 2. The van der Waals surface area contributed by atoms with E-state index in [9.17, 15) is 4.79 Å². The standard InChI is InChI=1S/C9H18N4O2/c1-8(9(14)10-2)13-7-12-6-11-4-5-15-3/h7,11H,4-6H2,1-3H3,(H,10,14)/b12-7-,13-8+. The molecular formula is C9H18N4O2. The van der Waals surface area contributed by atoms with Crippen LogP contribution in [0.4, 0.5) is 0 Å². The van der Waals surface area contributed by atoms with Gasteiger partial charge < -0.3 is 10.1 Å². The van der Waals surface area contributed by atoms with Crippen molar-refractivity contribution >= 4 is 18.0 Å². The Morgan fingerprint density at radius 2 is 2.27 bits per heavy atom. The van der Waals surface area contributed by atoms with E-state index in [2.05, 4.69) is 20.6 Å². The predicted molar refractivity (Wildman–Crippen MR) is 60.4 cm³/mol. The minimum atomic E-state index is -0.200. The fourth-order valence-electron chi connectivity index (χ4n) is 0.726. The Hall–Kier alpha value is -1.27. The number of ether oxygens (including phenoxy) is 1. The molecule has 0 aromatic rings. The van der Waals surface area contributed by atoms with Gasteiger partial charge in [-0.05, 0) is 6.92 Å². The van der Waals surface area contributed by atoms with Gasteiger partial charge in [0.05, 0.1) is 13.3 Å². The Morgan fingerprint density at radius 1 is 1.53 bits per heavy atom. The monoisotopic (exact) mass is 214 g/mol. The third-order valence-corrected chi connectivity index (χ3v) is 1.57. The van der Waals surface area contributed by atoms with E-state index in [1.165, 1.54) is 6.34 Å². The summed E-state index contributed by atoms with van der Waals surface area (Å²) in [5, 5.41) is 5.48. The van der Waals surface area contributed by atoms with E-state index in [0.29, 0.717) is 19.0 Å². The summed E-state index contributed by atoms with van der Waals surface area (Å²) in [6.45, 7) is 3.49. The molecular weight excluding hydrogens is 196 g/mol. The summed E-state index contributed by atoms with van der Waals surface area (Å²) in [5.41, 5.74) is 0.387. The van der Waals surface area contributed by atoms with Crippen molar-refractivity contribution in [2.75, 3.05) is 34.0 Å². The van der Waals surface area contributed by atoms with E-state index in [-0.39, 0.29) is 5.91 Å². The first kappa shape index (κ1) is 13.7. The van der Waals surface area contributed by atoms with Crippen molar-refractivity contribution in [2.24, 2.45) is 9.98 Å². The quantitative estimate of drug-likeness (QED) is 0.338. The van der Waals surface area contributed by atoms with E-state index < -0.39 is 0 Å². The second kappa shape index (κ2) is 9.29. The van der Waals surface area contributed by atoms with Crippen LogP contribution in [0.3, 0.4) is 0 Å². The molecule has 1 amide bonds. The molecule has 0 bridgehead atoms. The zero-order chi connectivity index (χ0) is 11.5. The Balaban J connectivity index is 3.64. The number of rotatable bonds is 7. The molecule has 0 unspecified atom stereocenters. The Labute approximate surface area is 89.8 Å². The van der Waals surface area contributed by atoms with Gasteiger partial charge in [-0.15, -0.1) is 0 Å². The molecule has 0 radical (unpaired) electrons. The lowest BCUT2D eigenvalue weighted by Crippen LogP contribution is -2.25. The average Bonchev–Trinajstić information content (AvgIpc) is 2.26. The van der Waals surface area contributed by atoms with Crippen LogP contribution in [0.5, 0.6) is 0 Å². The highest BCUT2D eigenvalue weighted by Crippen LogP contribution is 1.75. The van der Waals surface area contributed by atoms with Gasteiger partial charge in [0.1, 0.15) is 12.1 Å². The Kier molecular flexibility index (Phi) is 8.50. The van der Waals surface area contributed by atoms with Gasteiger partial charge in [-0.3, -0.25) is 15.1 Å². The van der Waals surface area contributed by atoms with Crippen molar-refractivity contribution in [3.63, 3.8) is 0 Å².